The molecule has 1 N–H and O–H groups in total. The summed E-state index contributed by atoms with van der Waals surface area (Å²) in [5, 5.41) is 15.7. The second kappa shape index (κ2) is 5.85. The lowest BCUT2D eigenvalue weighted by Crippen LogP contribution is -2.13. The van der Waals surface area contributed by atoms with Crippen LogP contribution in [0.25, 0.3) is 16.8 Å². The average molecular weight is 340 g/mol. The molecular weight excluding hydrogens is 328 g/mol. The van der Waals surface area contributed by atoms with Gasteiger partial charge in [0.25, 0.3) is 5.91 Å². The minimum atomic E-state index is -0.228. The Morgan fingerprint density at radius 2 is 2.29 bits per heavy atom. The quantitative estimate of drug-likeness (QED) is 0.613. The number of fused-ring (bicyclic) bond motifs is 1. The highest BCUT2D eigenvalue weighted by Gasteiger charge is 2.16. The minimum Gasteiger partial charge on any atom is -0.441 e. The van der Waals surface area contributed by atoms with Crippen molar-refractivity contribution in [2.45, 2.75) is 13.3 Å². The van der Waals surface area contributed by atoms with Gasteiger partial charge in [-0.1, -0.05) is 6.92 Å². The van der Waals surface area contributed by atoms with E-state index >= 15 is 0 Å². The van der Waals surface area contributed by atoms with Crippen LogP contribution in [-0.4, -0.2) is 31.1 Å². The van der Waals surface area contributed by atoms with Crippen LogP contribution in [0.2, 0.25) is 0 Å². The Morgan fingerprint density at radius 3 is 3.08 bits per heavy atom. The molecule has 0 unspecified atom stereocenters. The van der Waals surface area contributed by atoms with E-state index in [0.29, 0.717) is 27.7 Å². The standard InChI is InChI=1S/C15H12N6O2S/c1-2-13-18-10-7-9(3-4-12(10)23-13)17-15(22)14-11(5-6-24-14)21-8-16-19-20-21/h3-8H,2H2,1H3,(H,17,22). The van der Waals surface area contributed by atoms with E-state index in [1.165, 1.54) is 22.3 Å². The highest BCUT2D eigenvalue weighted by atomic mass is 32.1. The summed E-state index contributed by atoms with van der Waals surface area (Å²) >= 11 is 1.32. The number of thiophene rings is 1. The number of carbonyl (C=O) groups excluding carboxylic acids is 1. The average Bonchev–Trinajstić information content (AvgIpc) is 3.32. The smallest absolute Gasteiger partial charge is 0.267 e. The van der Waals surface area contributed by atoms with Crippen molar-refractivity contribution in [1.29, 1.82) is 0 Å². The van der Waals surface area contributed by atoms with Crippen LogP contribution in [0.4, 0.5) is 5.69 Å². The molecular formula is C15H12N6O2S. The maximum Gasteiger partial charge on any atom is 0.267 e. The lowest BCUT2D eigenvalue weighted by Gasteiger charge is -2.05. The van der Waals surface area contributed by atoms with Crippen molar-refractivity contribution in [1.82, 2.24) is 25.2 Å². The lowest BCUT2D eigenvalue weighted by atomic mass is 10.2. The number of amides is 1. The molecule has 0 saturated heterocycles. The van der Waals surface area contributed by atoms with Crippen LogP contribution in [0.3, 0.4) is 0 Å². The summed E-state index contributed by atoms with van der Waals surface area (Å²) in [4.78, 5) is 17.5. The van der Waals surface area contributed by atoms with Crippen molar-refractivity contribution in [2.75, 3.05) is 5.32 Å². The van der Waals surface area contributed by atoms with Crippen LogP contribution in [0.15, 0.2) is 40.4 Å². The first kappa shape index (κ1) is 14.5. The van der Waals surface area contributed by atoms with E-state index in [1.807, 2.05) is 12.3 Å². The van der Waals surface area contributed by atoms with E-state index in [4.69, 9.17) is 4.42 Å². The molecule has 0 aliphatic heterocycles. The van der Waals surface area contributed by atoms with Gasteiger partial charge < -0.3 is 9.73 Å². The topological polar surface area (TPSA) is 98.7 Å². The van der Waals surface area contributed by atoms with Gasteiger partial charge in [0, 0.05) is 12.1 Å². The van der Waals surface area contributed by atoms with Gasteiger partial charge in [-0.2, -0.15) is 4.68 Å². The zero-order valence-electron chi connectivity index (χ0n) is 12.6. The molecule has 0 saturated carbocycles. The van der Waals surface area contributed by atoms with Crippen molar-refractivity contribution in [2.24, 2.45) is 0 Å². The third kappa shape index (κ3) is 2.54. The molecule has 0 aliphatic carbocycles. The van der Waals surface area contributed by atoms with E-state index in [0.717, 1.165) is 11.9 Å². The fourth-order valence-electron chi connectivity index (χ4n) is 2.32. The predicted molar refractivity (Wildman–Crippen MR) is 88.4 cm³/mol. The molecule has 1 amide bonds. The van der Waals surface area contributed by atoms with Crippen molar-refractivity contribution in [3.05, 3.63) is 46.7 Å². The maximum absolute atomic E-state index is 12.6. The van der Waals surface area contributed by atoms with Crippen LogP contribution in [0.5, 0.6) is 0 Å². The number of rotatable bonds is 4. The maximum atomic E-state index is 12.6. The zero-order valence-corrected chi connectivity index (χ0v) is 13.4. The van der Waals surface area contributed by atoms with E-state index in [-0.39, 0.29) is 5.91 Å². The Labute approximate surface area is 140 Å². The fourth-order valence-corrected chi connectivity index (χ4v) is 3.09. The molecule has 3 aromatic heterocycles. The normalized spacial score (nSPS) is 11.0. The Morgan fingerprint density at radius 1 is 1.38 bits per heavy atom. The number of hydrogen-bond acceptors (Lipinski definition) is 7. The molecule has 24 heavy (non-hydrogen) atoms. The van der Waals surface area contributed by atoms with Crippen molar-refractivity contribution >= 4 is 34.0 Å². The molecule has 8 nitrogen and oxygen atoms in total. The summed E-state index contributed by atoms with van der Waals surface area (Å²) in [6.07, 6.45) is 2.17. The number of tetrazole rings is 1. The SMILES string of the molecule is CCc1nc2cc(NC(=O)c3sccc3-n3cnnn3)ccc2o1. The molecule has 0 spiro atoms. The molecule has 9 heteroatoms. The monoisotopic (exact) mass is 340 g/mol. The largest absolute Gasteiger partial charge is 0.441 e. The molecule has 0 atom stereocenters. The van der Waals surface area contributed by atoms with Crippen molar-refractivity contribution in [3.63, 3.8) is 0 Å². The predicted octanol–water partition coefficient (Wildman–Crippen LogP) is 2.68. The second-order valence-electron chi connectivity index (χ2n) is 4.99. The van der Waals surface area contributed by atoms with Gasteiger partial charge in [0.15, 0.2) is 11.5 Å². The summed E-state index contributed by atoms with van der Waals surface area (Å²) in [5.74, 6) is 0.446. The molecule has 1 aromatic carbocycles. The van der Waals surface area contributed by atoms with Crippen LogP contribution in [-0.2, 0) is 6.42 Å². The van der Waals surface area contributed by atoms with Gasteiger partial charge in [0.2, 0.25) is 0 Å². The van der Waals surface area contributed by atoms with Gasteiger partial charge >= 0.3 is 0 Å². The summed E-state index contributed by atoms with van der Waals surface area (Å²) in [7, 11) is 0. The van der Waals surface area contributed by atoms with Gasteiger partial charge in [-0.05, 0) is 40.1 Å². The molecule has 0 fully saturated rings. The number of nitrogens with one attached hydrogen (secondary N) is 1. The van der Waals surface area contributed by atoms with Gasteiger partial charge in [-0.15, -0.1) is 16.4 Å². The first-order valence-electron chi connectivity index (χ1n) is 7.26. The van der Waals surface area contributed by atoms with E-state index in [9.17, 15) is 4.79 Å². The minimum absolute atomic E-state index is 0.228. The van der Waals surface area contributed by atoms with Gasteiger partial charge in [0.05, 0.1) is 5.69 Å². The van der Waals surface area contributed by atoms with Crippen molar-refractivity contribution in [3.8, 4) is 5.69 Å². The molecule has 120 valence electrons. The molecule has 0 bridgehead atoms. The highest BCUT2D eigenvalue weighted by Crippen LogP contribution is 2.24. The lowest BCUT2D eigenvalue weighted by molar-refractivity contribution is 0.103. The molecule has 3 heterocycles. The van der Waals surface area contributed by atoms with E-state index < -0.39 is 0 Å². The Bertz CT molecular complexity index is 1000. The number of anilines is 1. The summed E-state index contributed by atoms with van der Waals surface area (Å²) in [5.41, 5.74) is 2.71. The van der Waals surface area contributed by atoms with Crippen molar-refractivity contribution < 1.29 is 9.21 Å². The number of aromatic nitrogens is 5. The van der Waals surface area contributed by atoms with Gasteiger partial charge in [-0.3, -0.25) is 4.79 Å². The number of nitrogens with zero attached hydrogens (tertiary/aromatic N) is 5. The molecule has 4 aromatic rings. The fraction of sp³-hybridized carbons (Fsp3) is 0.133. The Balaban J connectivity index is 1.61. The van der Waals surface area contributed by atoms with E-state index in [2.05, 4.69) is 25.8 Å². The van der Waals surface area contributed by atoms with Crippen LogP contribution >= 0.6 is 11.3 Å². The Kier molecular flexibility index (Phi) is 3.54. The summed E-state index contributed by atoms with van der Waals surface area (Å²) in [6.45, 7) is 1.98. The van der Waals surface area contributed by atoms with Crippen LogP contribution in [0.1, 0.15) is 22.5 Å². The summed E-state index contributed by atoms with van der Waals surface area (Å²) < 4.78 is 7.03. The second-order valence-corrected chi connectivity index (χ2v) is 5.90. The number of hydrogen-bond donors (Lipinski definition) is 1. The zero-order chi connectivity index (χ0) is 16.5. The van der Waals surface area contributed by atoms with Gasteiger partial charge in [-0.25, -0.2) is 4.98 Å². The third-order valence-corrected chi connectivity index (χ3v) is 4.34. The molecule has 4 rings (SSSR count). The third-order valence-electron chi connectivity index (χ3n) is 3.44. The number of aryl methyl sites for hydroxylation is 1. The van der Waals surface area contributed by atoms with Crippen LogP contribution < -0.4 is 5.32 Å². The van der Waals surface area contributed by atoms with Crippen LogP contribution in [0, 0.1) is 0 Å². The number of benzene rings is 1. The number of oxazole rings is 1. The Hall–Kier alpha value is -3.07. The summed E-state index contributed by atoms with van der Waals surface area (Å²) in [6, 6.07) is 7.17. The highest BCUT2D eigenvalue weighted by molar-refractivity contribution is 7.12. The van der Waals surface area contributed by atoms with E-state index in [1.54, 1.807) is 24.3 Å². The van der Waals surface area contributed by atoms with Gasteiger partial charge in [0.1, 0.15) is 16.7 Å². The molecule has 0 aliphatic rings. The first-order valence-corrected chi connectivity index (χ1v) is 8.14. The first-order chi connectivity index (χ1) is 11.7. The molecule has 0 radical (unpaired) electrons. The number of carbonyl (C=O) groups is 1.